The predicted octanol–water partition coefficient (Wildman–Crippen LogP) is 6.78. The van der Waals surface area contributed by atoms with E-state index in [2.05, 4.69) is 39.1 Å². The highest BCUT2D eigenvalue weighted by molar-refractivity contribution is 9.10. The average molecular weight is 510 g/mol. The number of benzene rings is 3. The van der Waals surface area contributed by atoms with E-state index in [1.165, 1.54) is 0 Å². The Morgan fingerprint density at radius 1 is 0.844 bits per heavy atom. The third-order valence-electron chi connectivity index (χ3n) is 5.00. The Kier molecular flexibility index (Phi) is 7.43. The summed E-state index contributed by atoms with van der Waals surface area (Å²) in [6.07, 6.45) is 3.50. The molecule has 0 saturated carbocycles. The van der Waals surface area contributed by atoms with Gasteiger partial charge in [-0.25, -0.2) is 0 Å². The molecular weight excluding hydrogens is 488 g/mol. The fraction of sp³-hybridized carbons (Fsp3) is 0.115. The molecule has 0 fully saturated rings. The summed E-state index contributed by atoms with van der Waals surface area (Å²) in [5.41, 5.74) is 10.9. The van der Waals surface area contributed by atoms with Crippen molar-refractivity contribution in [3.8, 4) is 22.6 Å². The molecule has 0 unspecified atom stereocenters. The molecule has 4 rings (SSSR count). The molecule has 0 spiro atoms. The van der Waals surface area contributed by atoms with E-state index >= 15 is 0 Å². The monoisotopic (exact) mass is 508 g/mol. The fourth-order valence-corrected chi connectivity index (χ4v) is 4.16. The summed E-state index contributed by atoms with van der Waals surface area (Å²) in [4.78, 5) is 4.12. The molecule has 4 nitrogen and oxygen atoms in total. The third kappa shape index (κ3) is 5.30. The van der Waals surface area contributed by atoms with Crippen molar-refractivity contribution in [1.29, 1.82) is 0 Å². The van der Waals surface area contributed by atoms with Gasteiger partial charge in [-0.15, -0.1) is 0 Å². The molecule has 0 bridgehead atoms. The van der Waals surface area contributed by atoms with E-state index in [-0.39, 0.29) is 0 Å². The van der Waals surface area contributed by atoms with Crippen molar-refractivity contribution >= 4 is 27.5 Å². The SMILES string of the molecule is NCc1cc(Cl)c(OCc2cccc(-c3ccccc3)c2Br)cc1OCc1cccnc1. The molecule has 32 heavy (non-hydrogen) atoms. The number of nitrogens with zero attached hydrogens (tertiary/aromatic N) is 1. The number of rotatable bonds is 8. The van der Waals surface area contributed by atoms with Crippen LogP contribution in [0.2, 0.25) is 5.02 Å². The van der Waals surface area contributed by atoms with E-state index in [0.717, 1.165) is 32.3 Å². The molecule has 0 aliphatic carbocycles. The van der Waals surface area contributed by atoms with Gasteiger partial charge in [-0.3, -0.25) is 4.98 Å². The van der Waals surface area contributed by atoms with Crippen molar-refractivity contribution in [1.82, 2.24) is 4.98 Å². The van der Waals surface area contributed by atoms with Crippen molar-refractivity contribution in [2.45, 2.75) is 19.8 Å². The second-order valence-corrected chi connectivity index (χ2v) is 8.38. The van der Waals surface area contributed by atoms with Gasteiger partial charge in [0.05, 0.1) is 5.02 Å². The molecule has 1 heterocycles. The van der Waals surface area contributed by atoms with E-state index in [0.29, 0.717) is 36.3 Å². The Morgan fingerprint density at radius 3 is 2.41 bits per heavy atom. The van der Waals surface area contributed by atoms with E-state index in [1.54, 1.807) is 24.5 Å². The Balaban J connectivity index is 1.53. The maximum atomic E-state index is 6.47. The van der Waals surface area contributed by atoms with Gasteiger partial charge >= 0.3 is 0 Å². The van der Waals surface area contributed by atoms with Gasteiger partial charge in [0.2, 0.25) is 0 Å². The van der Waals surface area contributed by atoms with Crippen LogP contribution in [0.15, 0.2) is 89.7 Å². The number of nitrogens with two attached hydrogens (primary N) is 1. The van der Waals surface area contributed by atoms with Gasteiger partial charge in [-0.05, 0) is 39.2 Å². The lowest BCUT2D eigenvalue weighted by molar-refractivity contribution is 0.287. The van der Waals surface area contributed by atoms with Gasteiger partial charge in [0, 0.05) is 46.2 Å². The highest BCUT2D eigenvalue weighted by Gasteiger charge is 2.13. The van der Waals surface area contributed by atoms with Gasteiger partial charge in [-0.2, -0.15) is 0 Å². The van der Waals surface area contributed by atoms with Gasteiger partial charge in [0.15, 0.2) is 0 Å². The Bertz CT molecular complexity index is 1190. The quantitative estimate of drug-likeness (QED) is 0.284. The first-order valence-electron chi connectivity index (χ1n) is 10.2. The number of hydrogen-bond acceptors (Lipinski definition) is 4. The zero-order valence-corrected chi connectivity index (χ0v) is 19.6. The Hall–Kier alpha value is -2.86. The smallest absolute Gasteiger partial charge is 0.142 e. The molecule has 162 valence electrons. The van der Waals surface area contributed by atoms with E-state index in [4.69, 9.17) is 26.8 Å². The normalized spacial score (nSPS) is 10.7. The second-order valence-electron chi connectivity index (χ2n) is 7.18. The average Bonchev–Trinajstić information content (AvgIpc) is 2.84. The molecule has 0 aliphatic heterocycles. The first kappa shape index (κ1) is 22.3. The Morgan fingerprint density at radius 2 is 1.66 bits per heavy atom. The zero-order valence-electron chi connectivity index (χ0n) is 17.3. The summed E-state index contributed by atoms with van der Waals surface area (Å²) in [7, 11) is 0. The van der Waals surface area contributed by atoms with Crippen LogP contribution < -0.4 is 15.2 Å². The van der Waals surface area contributed by atoms with Crippen LogP contribution in [0.4, 0.5) is 0 Å². The lowest BCUT2D eigenvalue weighted by atomic mass is 10.0. The lowest BCUT2D eigenvalue weighted by Crippen LogP contribution is -2.05. The van der Waals surface area contributed by atoms with Crippen molar-refractivity contribution in [2.75, 3.05) is 0 Å². The van der Waals surface area contributed by atoms with Crippen molar-refractivity contribution in [3.63, 3.8) is 0 Å². The van der Waals surface area contributed by atoms with Crippen LogP contribution in [0.3, 0.4) is 0 Å². The minimum Gasteiger partial charge on any atom is -0.488 e. The second kappa shape index (κ2) is 10.6. The van der Waals surface area contributed by atoms with Crippen LogP contribution in [0, 0.1) is 0 Å². The summed E-state index contributed by atoms with van der Waals surface area (Å²) in [5, 5.41) is 0.495. The van der Waals surface area contributed by atoms with Crippen molar-refractivity contribution in [3.05, 3.63) is 111 Å². The summed E-state index contributed by atoms with van der Waals surface area (Å²) in [6, 6.07) is 23.8. The summed E-state index contributed by atoms with van der Waals surface area (Å²) < 4.78 is 13.1. The molecular formula is C26H22BrClN2O2. The maximum Gasteiger partial charge on any atom is 0.142 e. The molecule has 0 atom stereocenters. The minimum atomic E-state index is 0.313. The molecule has 6 heteroatoms. The van der Waals surface area contributed by atoms with E-state index in [9.17, 15) is 0 Å². The van der Waals surface area contributed by atoms with E-state index in [1.807, 2.05) is 42.5 Å². The molecule has 1 aromatic heterocycles. The van der Waals surface area contributed by atoms with Gasteiger partial charge in [0.25, 0.3) is 0 Å². The molecule has 0 saturated heterocycles. The fourth-order valence-electron chi connectivity index (χ4n) is 3.31. The summed E-state index contributed by atoms with van der Waals surface area (Å²) in [5.74, 6) is 1.19. The summed E-state index contributed by atoms with van der Waals surface area (Å²) in [6.45, 7) is 1.05. The van der Waals surface area contributed by atoms with Crippen LogP contribution in [0.1, 0.15) is 16.7 Å². The van der Waals surface area contributed by atoms with Gasteiger partial charge in [-0.1, -0.05) is 66.2 Å². The Labute approximate surface area is 201 Å². The first-order valence-corrected chi connectivity index (χ1v) is 11.3. The first-order chi connectivity index (χ1) is 15.7. The molecule has 2 N–H and O–H groups in total. The summed E-state index contributed by atoms with van der Waals surface area (Å²) >= 11 is 10.2. The molecule has 0 aliphatic rings. The molecule has 0 radical (unpaired) electrons. The number of aromatic nitrogens is 1. The number of hydrogen-bond donors (Lipinski definition) is 1. The molecule has 3 aromatic carbocycles. The van der Waals surface area contributed by atoms with Crippen molar-refractivity contribution < 1.29 is 9.47 Å². The van der Waals surface area contributed by atoms with Gasteiger partial charge in [0.1, 0.15) is 24.7 Å². The molecule has 4 aromatic rings. The van der Waals surface area contributed by atoms with Crippen LogP contribution in [0.5, 0.6) is 11.5 Å². The maximum absolute atomic E-state index is 6.47. The predicted molar refractivity (Wildman–Crippen MR) is 132 cm³/mol. The van der Waals surface area contributed by atoms with Crippen LogP contribution in [-0.2, 0) is 19.8 Å². The van der Waals surface area contributed by atoms with E-state index < -0.39 is 0 Å². The molecule has 0 amide bonds. The highest BCUT2D eigenvalue weighted by Crippen LogP contribution is 2.35. The zero-order chi connectivity index (χ0) is 22.3. The highest BCUT2D eigenvalue weighted by atomic mass is 79.9. The largest absolute Gasteiger partial charge is 0.488 e. The minimum absolute atomic E-state index is 0.313. The van der Waals surface area contributed by atoms with Gasteiger partial charge < -0.3 is 15.2 Å². The number of pyridine rings is 1. The van der Waals surface area contributed by atoms with Crippen LogP contribution >= 0.6 is 27.5 Å². The van der Waals surface area contributed by atoms with Crippen LogP contribution in [0.25, 0.3) is 11.1 Å². The number of halogens is 2. The third-order valence-corrected chi connectivity index (χ3v) is 6.23. The lowest BCUT2D eigenvalue weighted by Gasteiger charge is -2.16. The topological polar surface area (TPSA) is 57.4 Å². The number of ether oxygens (including phenoxy) is 2. The van der Waals surface area contributed by atoms with Crippen molar-refractivity contribution in [2.24, 2.45) is 5.73 Å². The van der Waals surface area contributed by atoms with Crippen LogP contribution in [-0.4, -0.2) is 4.98 Å². The standard InChI is InChI=1S/C26H22BrClN2O2/c27-26-20(9-4-10-22(26)19-7-2-1-3-8-19)17-32-25-13-24(21(14-29)12-23(25)28)31-16-18-6-5-11-30-15-18/h1-13,15H,14,16-17,29H2.